The molecule has 0 atom stereocenters. The summed E-state index contributed by atoms with van der Waals surface area (Å²) in [6.45, 7) is 16.3. The van der Waals surface area contributed by atoms with E-state index in [-0.39, 0.29) is 64.4 Å². The average Bonchev–Trinajstić information content (AvgIpc) is 2.82. The summed E-state index contributed by atoms with van der Waals surface area (Å²) in [6, 6.07) is 13.9. The van der Waals surface area contributed by atoms with E-state index in [0.29, 0.717) is 0 Å². The summed E-state index contributed by atoms with van der Waals surface area (Å²) in [6.07, 6.45) is 0. The molecule has 0 bridgehead atoms. The molecule has 0 spiro atoms. The van der Waals surface area contributed by atoms with Crippen LogP contribution in [-0.2, 0) is 27.1 Å². The van der Waals surface area contributed by atoms with Crippen LogP contribution in [0.25, 0.3) is 0 Å². The van der Waals surface area contributed by atoms with Gasteiger partial charge < -0.3 is 37.2 Å². The molecular formula is C19H27Cl3SiTi. The molecule has 5 heteroatoms. The number of aryl methyl sites for hydroxylation is 2. The van der Waals surface area contributed by atoms with E-state index in [1.165, 1.54) is 22.3 Å². The monoisotopic (exact) mass is 436 g/mol. The van der Waals surface area contributed by atoms with Gasteiger partial charge in [-0.25, -0.2) is 11.3 Å². The first kappa shape index (κ1) is 29.1. The van der Waals surface area contributed by atoms with Crippen molar-refractivity contribution in [2.24, 2.45) is 0 Å². The second kappa shape index (κ2) is 10.5. The van der Waals surface area contributed by atoms with Crippen molar-refractivity contribution in [2.75, 3.05) is 0 Å². The van der Waals surface area contributed by atoms with E-state index in [1.54, 1.807) is 5.19 Å². The zero-order valence-corrected chi connectivity index (χ0v) is 20.4. The van der Waals surface area contributed by atoms with Crippen molar-refractivity contribution in [1.29, 1.82) is 0 Å². The van der Waals surface area contributed by atoms with Crippen molar-refractivity contribution < 1.29 is 58.9 Å². The SMILES string of the molecule is Cc1ccc(C)c(C(C)(C)[c-]2ccc([Si](C)(C)C)c2)c1.[Cl-].[Cl-].[Cl-].[Ti+4]. The van der Waals surface area contributed by atoms with Crippen LogP contribution in [0.15, 0.2) is 36.4 Å². The molecule has 24 heavy (non-hydrogen) atoms. The van der Waals surface area contributed by atoms with Crippen LogP contribution in [0, 0.1) is 13.8 Å². The van der Waals surface area contributed by atoms with Crippen molar-refractivity contribution in [3.05, 3.63) is 58.7 Å². The number of rotatable bonds is 3. The summed E-state index contributed by atoms with van der Waals surface area (Å²) in [5.41, 5.74) is 5.70. The Kier molecular flexibility index (Phi) is 12.8. The molecule has 0 radical (unpaired) electrons. The van der Waals surface area contributed by atoms with Gasteiger partial charge in [0, 0.05) is 8.07 Å². The van der Waals surface area contributed by atoms with Gasteiger partial charge in [-0.2, -0.15) is 12.1 Å². The normalized spacial score (nSPS) is 10.6. The predicted octanol–water partition coefficient (Wildman–Crippen LogP) is -4.10. The van der Waals surface area contributed by atoms with E-state index in [4.69, 9.17) is 0 Å². The van der Waals surface area contributed by atoms with Crippen LogP contribution in [0.4, 0.5) is 0 Å². The molecule has 0 N–H and O–H groups in total. The summed E-state index contributed by atoms with van der Waals surface area (Å²) >= 11 is 0. The number of hydrogen-bond donors (Lipinski definition) is 0. The van der Waals surface area contributed by atoms with Crippen LogP contribution >= 0.6 is 0 Å². The Bertz CT molecular complexity index is 628. The molecule has 0 nitrogen and oxygen atoms in total. The molecule has 0 saturated carbocycles. The second-order valence-electron chi connectivity index (χ2n) is 7.58. The van der Waals surface area contributed by atoms with E-state index in [9.17, 15) is 0 Å². The fraction of sp³-hybridized carbons (Fsp3) is 0.421. The molecule has 0 heterocycles. The van der Waals surface area contributed by atoms with Crippen molar-refractivity contribution in [2.45, 2.75) is 52.8 Å². The number of benzene rings is 1. The molecule has 2 aromatic rings. The standard InChI is InChI=1S/C19H27Si.3ClH.Ti/c1-14-8-9-15(2)18(12-14)19(3,4)16-10-11-17(13-16)20(5,6)7;;;;/h8-13H,1-7H3;3*1H;/q-1;;;;+4/p-3. The molecule has 2 aromatic carbocycles. The fourth-order valence-electron chi connectivity index (χ4n) is 2.86. The van der Waals surface area contributed by atoms with Gasteiger partial charge in [-0.05, 0) is 30.4 Å². The molecule has 0 saturated heterocycles. The van der Waals surface area contributed by atoms with Gasteiger partial charge in [0.25, 0.3) is 0 Å². The maximum atomic E-state index is 2.44. The van der Waals surface area contributed by atoms with E-state index >= 15 is 0 Å². The Labute approximate surface area is 182 Å². The van der Waals surface area contributed by atoms with Crippen LogP contribution in [0.5, 0.6) is 0 Å². The molecule has 0 amide bonds. The molecule has 0 aromatic heterocycles. The average molecular weight is 438 g/mol. The smallest absolute Gasteiger partial charge is 1.00 e. The van der Waals surface area contributed by atoms with E-state index < -0.39 is 8.07 Å². The Morgan fingerprint density at radius 1 is 0.917 bits per heavy atom. The molecular weight excluding hydrogens is 411 g/mol. The van der Waals surface area contributed by atoms with Crippen molar-refractivity contribution in [3.8, 4) is 0 Å². The number of halogens is 3. The van der Waals surface area contributed by atoms with Crippen LogP contribution < -0.4 is 42.4 Å². The van der Waals surface area contributed by atoms with Crippen LogP contribution in [0.1, 0.15) is 36.1 Å². The van der Waals surface area contributed by atoms with Gasteiger partial charge in [0.05, 0.1) is 0 Å². The van der Waals surface area contributed by atoms with Crippen LogP contribution in [0.2, 0.25) is 19.6 Å². The quantitative estimate of drug-likeness (QED) is 0.338. The third kappa shape index (κ3) is 6.27. The fourth-order valence-corrected chi connectivity index (χ4v) is 4.04. The third-order valence-corrected chi connectivity index (χ3v) is 6.45. The van der Waals surface area contributed by atoms with E-state index in [1.807, 2.05) is 0 Å². The Morgan fingerprint density at radius 3 is 1.92 bits per heavy atom. The summed E-state index contributed by atoms with van der Waals surface area (Å²) in [4.78, 5) is 0. The molecule has 0 aliphatic rings. The zero-order valence-electron chi connectivity index (χ0n) is 15.6. The maximum absolute atomic E-state index is 2.44. The maximum Gasteiger partial charge on any atom is 4.00 e. The number of hydrogen-bond acceptors (Lipinski definition) is 0. The van der Waals surface area contributed by atoms with Crippen molar-refractivity contribution in [1.82, 2.24) is 0 Å². The van der Waals surface area contributed by atoms with Crippen molar-refractivity contribution in [3.63, 3.8) is 0 Å². The first-order valence-corrected chi connectivity index (χ1v) is 11.0. The molecule has 0 aliphatic heterocycles. The van der Waals surface area contributed by atoms with Crippen LogP contribution in [-0.4, -0.2) is 8.07 Å². The second-order valence-corrected chi connectivity index (χ2v) is 12.7. The molecule has 0 aliphatic carbocycles. The molecule has 0 unspecified atom stereocenters. The zero-order chi connectivity index (χ0) is 15.1. The van der Waals surface area contributed by atoms with Crippen molar-refractivity contribution >= 4 is 13.3 Å². The third-order valence-electron chi connectivity index (χ3n) is 4.41. The summed E-state index contributed by atoms with van der Waals surface area (Å²) < 4.78 is 0. The van der Waals surface area contributed by atoms with E-state index in [2.05, 4.69) is 83.7 Å². The minimum absolute atomic E-state index is 0. The minimum Gasteiger partial charge on any atom is -1.00 e. The van der Waals surface area contributed by atoms with Gasteiger partial charge in [-0.15, -0.1) is 5.56 Å². The molecule has 0 fully saturated rings. The first-order valence-electron chi connectivity index (χ1n) is 7.48. The Balaban J connectivity index is -0.00000110. The minimum atomic E-state index is -1.22. The topological polar surface area (TPSA) is 0 Å². The van der Waals surface area contributed by atoms with Gasteiger partial charge in [0.15, 0.2) is 0 Å². The Hall–Kier alpha value is 0.371. The molecule has 2 rings (SSSR count). The van der Waals surface area contributed by atoms with Crippen LogP contribution in [0.3, 0.4) is 0 Å². The van der Waals surface area contributed by atoms with Gasteiger partial charge in [0.2, 0.25) is 0 Å². The van der Waals surface area contributed by atoms with Gasteiger partial charge in [-0.1, -0.05) is 57.3 Å². The molecule has 132 valence electrons. The Morgan fingerprint density at radius 2 is 1.46 bits per heavy atom. The van der Waals surface area contributed by atoms with Gasteiger partial charge >= 0.3 is 21.7 Å². The first-order chi connectivity index (χ1) is 9.12. The predicted molar refractivity (Wildman–Crippen MR) is 93.1 cm³/mol. The summed E-state index contributed by atoms with van der Waals surface area (Å²) in [5, 5.41) is 1.56. The largest absolute Gasteiger partial charge is 4.00 e. The van der Waals surface area contributed by atoms with Gasteiger partial charge in [0.1, 0.15) is 0 Å². The summed E-state index contributed by atoms with van der Waals surface area (Å²) in [5.74, 6) is 0. The van der Waals surface area contributed by atoms with Gasteiger partial charge in [-0.3, -0.25) is 0 Å². The van der Waals surface area contributed by atoms with E-state index in [0.717, 1.165) is 0 Å². The summed E-state index contributed by atoms with van der Waals surface area (Å²) in [7, 11) is -1.22.